The van der Waals surface area contributed by atoms with E-state index in [-0.39, 0.29) is 12.5 Å². The zero-order valence-electron chi connectivity index (χ0n) is 13.3. The molecule has 0 aliphatic carbocycles. The molecule has 1 amide bonds. The molecule has 0 aromatic heterocycles. The van der Waals surface area contributed by atoms with Gasteiger partial charge in [-0.2, -0.15) is 0 Å². The van der Waals surface area contributed by atoms with Crippen molar-refractivity contribution in [2.45, 2.75) is 6.54 Å². The van der Waals surface area contributed by atoms with Crippen LogP contribution in [0.25, 0.3) is 0 Å². The Hall–Kier alpha value is -2.28. The standard InChI is InChI=1S/C15H24N4O3/c1-16-15(19-11-14(20)17-8-9-21-2)18-10-12-4-6-13(22-3)7-5-12/h4-7H,8-11H2,1-3H3,(H,17,20)(H2,16,18,19). The number of nitrogens with zero attached hydrogens (tertiary/aromatic N) is 1. The Labute approximate surface area is 131 Å². The minimum atomic E-state index is -0.107. The zero-order valence-corrected chi connectivity index (χ0v) is 13.3. The second-order valence-corrected chi connectivity index (χ2v) is 4.47. The molecule has 0 heterocycles. The molecule has 7 heteroatoms. The van der Waals surface area contributed by atoms with E-state index in [0.717, 1.165) is 11.3 Å². The van der Waals surface area contributed by atoms with Crippen molar-refractivity contribution in [1.82, 2.24) is 16.0 Å². The van der Waals surface area contributed by atoms with Crippen molar-refractivity contribution in [2.75, 3.05) is 41.0 Å². The lowest BCUT2D eigenvalue weighted by Gasteiger charge is -2.12. The van der Waals surface area contributed by atoms with E-state index in [1.54, 1.807) is 21.3 Å². The van der Waals surface area contributed by atoms with E-state index in [4.69, 9.17) is 9.47 Å². The van der Waals surface area contributed by atoms with E-state index in [2.05, 4.69) is 20.9 Å². The number of methoxy groups -OCH3 is 2. The molecule has 1 aromatic rings. The molecular formula is C15H24N4O3. The molecule has 0 bridgehead atoms. The molecule has 0 radical (unpaired) electrons. The van der Waals surface area contributed by atoms with Gasteiger partial charge in [-0.05, 0) is 17.7 Å². The summed E-state index contributed by atoms with van der Waals surface area (Å²) in [7, 11) is 4.89. The molecule has 1 rings (SSSR count). The van der Waals surface area contributed by atoms with Gasteiger partial charge in [0.15, 0.2) is 5.96 Å². The van der Waals surface area contributed by atoms with E-state index in [9.17, 15) is 4.79 Å². The summed E-state index contributed by atoms with van der Waals surface area (Å²) in [5.74, 6) is 1.28. The first-order valence-corrected chi connectivity index (χ1v) is 7.02. The summed E-state index contributed by atoms with van der Waals surface area (Å²) >= 11 is 0. The summed E-state index contributed by atoms with van der Waals surface area (Å²) in [6, 6.07) is 7.74. The molecule has 1 aromatic carbocycles. The Bertz CT molecular complexity index is 474. The van der Waals surface area contributed by atoms with Gasteiger partial charge in [0.05, 0.1) is 20.3 Å². The third kappa shape index (κ3) is 6.94. The molecule has 22 heavy (non-hydrogen) atoms. The average Bonchev–Trinajstić information content (AvgIpc) is 2.55. The van der Waals surface area contributed by atoms with Crippen molar-refractivity contribution in [2.24, 2.45) is 4.99 Å². The van der Waals surface area contributed by atoms with Gasteiger partial charge in [-0.3, -0.25) is 9.79 Å². The van der Waals surface area contributed by atoms with Gasteiger partial charge >= 0.3 is 0 Å². The number of nitrogens with one attached hydrogen (secondary N) is 3. The highest BCUT2D eigenvalue weighted by atomic mass is 16.5. The molecule has 0 spiro atoms. The van der Waals surface area contributed by atoms with Crippen LogP contribution in [0.3, 0.4) is 0 Å². The molecule has 3 N–H and O–H groups in total. The normalized spacial score (nSPS) is 11.0. The van der Waals surface area contributed by atoms with Gasteiger partial charge < -0.3 is 25.4 Å². The SMILES string of the molecule is CN=C(NCC(=O)NCCOC)NCc1ccc(OC)cc1. The van der Waals surface area contributed by atoms with Crippen LogP contribution in [0.1, 0.15) is 5.56 Å². The highest BCUT2D eigenvalue weighted by molar-refractivity contribution is 5.86. The second kappa shape index (κ2) is 10.4. The minimum absolute atomic E-state index is 0.107. The molecule has 0 saturated carbocycles. The van der Waals surface area contributed by atoms with Crippen molar-refractivity contribution in [1.29, 1.82) is 0 Å². The third-order valence-electron chi connectivity index (χ3n) is 2.89. The van der Waals surface area contributed by atoms with Gasteiger partial charge in [-0.1, -0.05) is 12.1 Å². The third-order valence-corrected chi connectivity index (χ3v) is 2.89. The molecular weight excluding hydrogens is 284 g/mol. The minimum Gasteiger partial charge on any atom is -0.497 e. The summed E-state index contributed by atoms with van der Waals surface area (Å²) in [4.78, 5) is 15.6. The van der Waals surface area contributed by atoms with Gasteiger partial charge in [0.2, 0.25) is 5.91 Å². The topological polar surface area (TPSA) is 84.0 Å². The number of hydrogen-bond acceptors (Lipinski definition) is 4. The Kier molecular flexibility index (Phi) is 8.44. The number of amides is 1. The fourth-order valence-electron chi connectivity index (χ4n) is 1.67. The van der Waals surface area contributed by atoms with Crippen molar-refractivity contribution in [3.05, 3.63) is 29.8 Å². The van der Waals surface area contributed by atoms with Crippen molar-refractivity contribution < 1.29 is 14.3 Å². The number of rotatable bonds is 8. The number of guanidine groups is 1. The van der Waals surface area contributed by atoms with Crippen molar-refractivity contribution in [3.8, 4) is 5.75 Å². The van der Waals surface area contributed by atoms with E-state index in [1.165, 1.54) is 0 Å². The lowest BCUT2D eigenvalue weighted by Crippen LogP contribution is -2.43. The lowest BCUT2D eigenvalue weighted by molar-refractivity contribution is -0.120. The molecule has 7 nitrogen and oxygen atoms in total. The Morgan fingerprint density at radius 2 is 1.86 bits per heavy atom. The zero-order chi connectivity index (χ0) is 16.2. The maximum absolute atomic E-state index is 11.6. The fourth-order valence-corrected chi connectivity index (χ4v) is 1.67. The first kappa shape index (κ1) is 17.8. The van der Waals surface area contributed by atoms with Crippen LogP contribution in [-0.2, 0) is 16.1 Å². The van der Waals surface area contributed by atoms with Crippen LogP contribution >= 0.6 is 0 Å². The number of hydrogen-bond donors (Lipinski definition) is 3. The van der Waals surface area contributed by atoms with Crippen LogP contribution in [0.4, 0.5) is 0 Å². The predicted molar refractivity (Wildman–Crippen MR) is 86.1 cm³/mol. The fraction of sp³-hybridized carbons (Fsp3) is 0.467. The Morgan fingerprint density at radius 1 is 1.14 bits per heavy atom. The smallest absolute Gasteiger partial charge is 0.239 e. The highest BCUT2D eigenvalue weighted by Gasteiger charge is 2.03. The van der Waals surface area contributed by atoms with E-state index >= 15 is 0 Å². The van der Waals surface area contributed by atoms with Crippen LogP contribution in [0.2, 0.25) is 0 Å². The van der Waals surface area contributed by atoms with Crippen LogP contribution in [0.5, 0.6) is 5.75 Å². The number of aliphatic imine (C=N–C) groups is 1. The molecule has 0 unspecified atom stereocenters. The Balaban J connectivity index is 2.31. The molecule has 0 aliphatic heterocycles. The first-order valence-electron chi connectivity index (χ1n) is 7.02. The molecule has 0 aliphatic rings. The van der Waals surface area contributed by atoms with Gasteiger partial charge in [0, 0.05) is 27.2 Å². The van der Waals surface area contributed by atoms with Crippen LogP contribution < -0.4 is 20.7 Å². The summed E-state index contributed by atoms with van der Waals surface area (Å²) in [5, 5.41) is 8.82. The lowest BCUT2D eigenvalue weighted by atomic mass is 10.2. The van der Waals surface area contributed by atoms with Gasteiger partial charge in [-0.25, -0.2) is 0 Å². The maximum atomic E-state index is 11.6. The molecule has 122 valence electrons. The maximum Gasteiger partial charge on any atom is 0.239 e. The second-order valence-electron chi connectivity index (χ2n) is 4.47. The van der Waals surface area contributed by atoms with E-state index in [0.29, 0.717) is 25.7 Å². The highest BCUT2D eigenvalue weighted by Crippen LogP contribution is 2.10. The molecule has 0 saturated heterocycles. The largest absolute Gasteiger partial charge is 0.497 e. The van der Waals surface area contributed by atoms with E-state index in [1.807, 2.05) is 24.3 Å². The first-order chi connectivity index (χ1) is 10.7. The van der Waals surface area contributed by atoms with Crippen molar-refractivity contribution in [3.63, 3.8) is 0 Å². The summed E-state index contributed by atoms with van der Waals surface area (Å²) in [6.45, 7) is 1.76. The number of benzene rings is 1. The van der Waals surface area contributed by atoms with Crippen LogP contribution in [-0.4, -0.2) is 52.8 Å². The van der Waals surface area contributed by atoms with Crippen LogP contribution in [0.15, 0.2) is 29.3 Å². The number of carbonyl (C=O) groups is 1. The number of ether oxygens (including phenoxy) is 2. The Morgan fingerprint density at radius 3 is 2.45 bits per heavy atom. The summed E-state index contributed by atoms with van der Waals surface area (Å²) < 4.78 is 9.97. The van der Waals surface area contributed by atoms with E-state index < -0.39 is 0 Å². The van der Waals surface area contributed by atoms with Gasteiger partial charge in [0.1, 0.15) is 5.75 Å². The van der Waals surface area contributed by atoms with Gasteiger partial charge in [0.25, 0.3) is 0 Å². The average molecular weight is 308 g/mol. The monoisotopic (exact) mass is 308 g/mol. The molecule has 0 fully saturated rings. The number of carbonyl (C=O) groups excluding carboxylic acids is 1. The van der Waals surface area contributed by atoms with Crippen molar-refractivity contribution >= 4 is 11.9 Å². The van der Waals surface area contributed by atoms with Crippen LogP contribution in [0, 0.1) is 0 Å². The summed E-state index contributed by atoms with van der Waals surface area (Å²) in [5.41, 5.74) is 1.09. The predicted octanol–water partition coefficient (Wildman–Crippen LogP) is 0.123. The van der Waals surface area contributed by atoms with Gasteiger partial charge in [-0.15, -0.1) is 0 Å². The molecule has 0 atom stereocenters. The summed E-state index contributed by atoms with van der Waals surface area (Å²) in [6.07, 6.45) is 0. The quantitative estimate of drug-likeness (QED) is 0.361.